The van der Waals surface area contributed by atoms with Crippen molar-refractivity contribution in [2.24, 2.45) is 11.3 Å². The number of H-pyrrole nitrogens is 1. The molecule has 5 fully saturated rings. The molecule has 2 atom stereocenters. The number of piperidine rings is 1. The first-order chi connectivity index (χ1) is 33.1. The number of carbonyl (C=O) groups is 1. The average molecular weight is 962 g/mol. The number of hydrogen-bond acceptors (Lipinski definition) is 13. The van der Waals surface area contributed by atoms with Gasteiger partial charge in [-0.3, -0.25) is 19.8 Å². The number of nitro benzene ring substituents is 1. The number of likely N-dealkylation sites (tertiary alicyclic amines) is 1. The SMILES string of the molecule is CC(C)c1ccccc1[C@@H]1CCC[C@@H]1N1CC2(CCN(c3ccc(C(=O)NS(=O)(=O)c4ccc(NCC5CCC(C)(O)CC5)c([N+](=O)[O-])c4)c(Oc4cc5cc[nH]c5nc4OC4COC4)c3)CC2)C1. The first kappa shape index (κ1) is 47.0. The van der Waals surface area contributed by atoms with Crippen molar-refractivity contribution in [2.75, 3.05) is 56.2 Å². The number of ether oxygens (including phenoxy) is 3. The van der Waals surface area contributed by atoms with E-state index in [-0.39, 0.29) is 46.1 Å². The minimum absolute atomic E-state index is 0.0677. The zero-order chi connectivity index (χ0) is 48.1. The molecule has 5 aliphatic rings. The molecular weight excluding hydrogens is 899 g/mol. The Balaban J connectivity index is 0.874. The summed E-state index contributed by atoms with van der Waals surface area (Å²) in [5.74, 6) is 0.772. The molecule has 10 rings (SSSR count). The number of hydrogen-bond donors (Lipinski definition) is 4. The number of amides is 1. The minimum Gasteiger partial charge on any atom is -0.467 e. The van der Waals surface area contributed by atoms with Crippen molar-refractivity contribution in [3.05, 3.63) is 106 Å². The van der Waals surface area contributed by atoms with E-state index in [0.717, 1.165) is 69.0 Å². The van der Waals surface area contributed by atoms with Crippen LogP contribution >= 0.6 is 0 Å². The number of fused-ring (bicyclic) bond motifs is 1. The Bertz CT molecular complexity index is 2820. The normalized spacial score (nSPS) is 24.0. The zero-order valence-corrected chi connectivity index (χ0v) is 40.4. The maximum atomic E-state index is 14.2. The summed E-state index contributed by atoms with van der Waals surface area (Å²) >= 11 is 0. The molecule has 0 unspecified atom stereocenters. The molecule has 69 heavy (non-hydrogen) atoms. The summed E-state index contributed by atoms with van der Waals surface area (Å²) in [6, 6.07) is 21.8. The number of nitro groups is 1. The largest absolute Gasteiger partial charge is 0.467 e. The fraction of sp³-hybridized carbons (Fsp3) is 0.500. The van der Waals surface area contributed by atoms with Crippen molar-refractivity contribution < 1.29 is 37.5 Å². The van der Waals surface area contributed by atoms with Crippen molar-refractivity contribution in [2.45, 2.75) is 113 Å². The number of rotatable bonds is 15. The smallest absolute Gasteiger partial charge is 0.293 e. The molecule has 17 heteroatoms. The van der Waals surface area contributed by atoms with Crippen LogP contribution in [0.25, 0.3) is 11.0 Å². The summed E-state index contributed by atoms with van der Waals surface area (Å²) in [6.07, 6.45) is 10.0. The monoisotopic (exact) mass is 961 g/mol. The molecule has 5 aromatic rings. The minimum atomic E-state index is -4.62. The lowest BCUT2D eigenvalue weighted by atomic mass is 9.70. The van der Waals surface area contributed by atoms with Crippen LogP contribution in [0.4, 0.5) is 17.1 Å². The Morgan fingerprint density at radius 3 is 2.48 bits per heavy atom. The fourth-order valence-electron chi connectivity index (χ4n) is 11.3. The Labute approximate surface area is 403 Å². The van der Waals surface area contributed by atoms with Gasteiger partial charge in [0.25, 0.3) is 27.5 Å². The van der Waals surface area contributed by atoms with Crippen LogP contribution in [0.1, 0.15) is 112 Å². The van der Waals surface area contributed by atoms with Gasteiger partial charge in [0.1, 0.15) is 23.2 Å². The van der Waals surface area contributed by atoms with Gasteiger partial charge in [0, 0.05) is 68.2 Å². The maximum absolute atomic E-state index is 14.2. The third-order valence-electron chi connectivity index (χ3n) is 15.5. The lowest BCUT2D eigenvalue weighted by Crippen LogP contribution is -2.63. The van der Waals surface area contributed by atoms with E-state index in [0.29, 0.717) is 56.1 Å². The standard InChI is InChI=1S/C52H63N7O9S/c1-33(2)39-7-4-5-8-40(39)41-9-6-10-44(41)58-31-52(32-58)20-23-57(24-21-52)36-11-13-42(46(26-36)68-47-25-35-17-22-53-48(35)55-50(47)67-37-29-66-30-37)49(60)56-69(64,65)38-12-14-43(45(27-38)59(62)63)54-28-34-15-18-51(3,61)19-16-34/h4-5,7-8,11-14,17,22,25-27,33-34,37,41,44,54,61H,6,9-10,15-16,18-21,23-24,28-32H2,1-3H3,(H,53,55)(H,56,60)/t34?,41-,44-,51?/m0/s1. The van der Waals surface area contributed by atoms with Crippen LogP contribution in [0.5, 0.6) is 17.4 Å². The van der Waals surface area contributed by atoms with E-state index >= 15 is 0 Å². The molecule has 3 aromatic carbocycles. The molecule has 3 aliphatic heterocycles. The molecule has 0 bridgehead atoms. The van der Waals surface area contributed by atoms with Gasteiger partial charge < -0.3 is 34.5 Å². The van der Waals surface area contributed by atoms with Crippen LogP contribution in [-0.2, 0) is 14.8 Å². The number of anilines is 2. The number of carbonyl (C=O) groups excluding carboxylic acids is 1. The van der Waals surface area contributed by atoms with Gasteiger partial charge in [-0.15, -0.1) is 0 Å². The summed E-state index contributed by atoms with van der Waals surface area (Å²) in [5, 5.41) is 26.5. The highest BCUT2D eigenvalue weighted by Crippen LogP contribution is 2.49. The summed E-state index contributed by atoms with van der Waals surface area (Å²) in [4.78, 5) is 38.2. The van der Waals surface area contributed by atoms with E-state index in [1.807, 2.05) is 19.1 Å². The molecule has 366 valence electrons. The molecule has 2 aliphatic carbocycles. The number of nitrogens with one attached hydrogen (secondary N) is 3. The third-order valence-corrected chi connectivity index (χ3v) is 16.8. The summed E-state index contributed by atoms with van der Waals surface area (Å²) in [5.41, 5.74) is 3.57. The van der Waals surface area contributed by atoms with Crippen molar-refractivity contribution in [3.63, 3.8) is 0 Å². The third kappa shape index (κ3) is 9.88. The lowest BCUT2D eigenvalue weighted by Gasteiger charge is -2.57. The molecule has 5 heterocycles. The highest BCUT2D eigenvalue weighted by atomic mass is 32.2. The molecule has 3 saturated heterocycles. The van der Waals surface area contributed by atoms with E-state index < -0.39 is 37.0 Å². The molecule has 2 aromatic heterocycles. The van der Waals surface area contributed by atoms with Crippen LogP contribution in [0.15, 0.2) is 83.9 Å². The van der Waals surface area contributed by atoms with Crippen molar-refractivity contribution in [1.82, 2.24) is 19.6 Å². The highest BCUT2D eigenvalue weighted by molar-refractivity contribution is 7.90. The molecule has 2 saturated carbocycles. The van der Waals surface area contributed by atoms with Gasteiger partial charge in [0.2, 0.25) is 0 Å². The van der Waals surface area contributed by atoms with E-state index in [2.05, 4.69) is 67.9 Å². The Kier molecular flexibility index (Phi) is 12.8. The number of pyridine rings is 1. The van der Waals surface area contributed by atoms with Crippen molar-refractivity contribution in [3.8, 4) is 17.4 Å². The van der Waals surface area contributed by atoms with Gasteiger partial charge in [0.15, 0.2) is 5.75 Å². The van der Waals surface area contributed by atoms with E-state index in [9.17, 15) is 28.4 Å². The highest BCUT2D eigenvalue weighted by Gasteiger charge is 2.49. The predicted molar refractivity (Wildman–Crippen MR) is 263 cm³/mol. The second-order valence-corrected chi connectivity index (χ2v) is 22.4. The fourth-order valence-corrected chi connectivity index (χ4v) is 12.3. The van der Waals surface area contributed by atoms with Crippen LogP contribution in [-0.4, -0.2) is 103 Å². The van der Waals surface area contributed by atoms with E-state index in [4.69, 9.17) is 14.2 Å². The number of benzene rings is 3. The summed E-state index contributed by atoms with van der Waals surface area (Å²) in [6.45, 7) is 11.4. The first-order valence-electron chi connectivity index (χ1n) is 24.6. The van der Waals surface area contributed by atoms with Gasteiger partial charge in [0.05, 0.1) is 34.2 Å². The summed E-state index contributed by atoms with van der Waals surface area (Å²) in [7, 11) is -4.62. The molecule has 1 amide bonds. The predicted octanol–water partition coefficient (Wildman–Crippen LogP) is 8.87. The molecular formula is C52H63N7O9S. The number of aromatic nitrogens is 2. The molecule has 4 N–H and O–H groups in total. The Morgan fingerprint density at radius 2 is 1.75 bits per heavy atom. The van der Waals surface area contributed by atoms with Crippen molar-refractivity contribution >= 4 is 44.0 Å². The van der Waals surface area contributed by atoms with Gasteiger partial charge in [-0.1, -0.05) is 44.5 Å². The van der Waals surface area contributed by atoms with Crippen molar-refractivity contribution in [1.29, 1.82) is 0 Å². The van der Waals surface area contributed by atoms with Gasteiger partial charge in [-0.25, -0.2) is 13.1 Å². The second-order valence-electron chi connectivity index (χ2n) is 20.7. The van der Waals surface area contributed by atoms with Crippen LogP contribution in [0, 0.1) is 21.4 Å². The maximum Gasteiger partial charge on any atom is 0.293 e. The lowest BCUT2D eigenvalue weighted by molar-refractivity contribution is -0.384. The van der Waals surface area contributed by atoms with Crippen LogP contribution < -0.4 is 24.4 Å². The van der Waals surface area contributed by atoms with E-state index in [1.54, 1.807) is 24.4 Å². The van der Waals surface area contributed by atoms with Gasteiger partial charge in [-0.2, -0.15) is 4.98 Å². The molecule has 1 spiro atoms. The number of aromatic amines is 1. The molecule has 0 radical (unpaired) electrons. The number of nitrogens with zero attached hydrogens (tertiary/aromatic N) is 4. The Hall–Kier alpha value is -5.75. The number of aliphatic hydroxyl groups is 1. The molecule has 16 nitrogen and oxygen atoms in total. The zero-order valence-electron chi connectivity index (χ0n) is 39.6. The average Bonchev–Trinajstić information content (AvgIpc) is 3.98. The van der Waals surface area contributed by atoms with Crippen LogP contribution in [0.2, 0.25) is 0 Å². The van der Waals surface area contributed by atoms with Crippen LogP contribution in [0.3, 0.4) is 0 Å². The Morgan fingerprint density at radius 1 is 0.986 bits per heavy atom. The summed E-state index contributed by atoms with van der Waals surface area (Å²) < 4.78 is 48.1. The number of sulfonamides is 1. The van der Waals surface area contributed by atoms with E-state index in [1.165, 1.54) is 42.5 Å². The first-order valence-corrected chi connectivity index (χ1v) is 26.1. The topological polar surface area (TPSA) is 201 Å². The quantitative estimate of drug-likeness (QED) is 0.0573. The van der Waals surface area contributed by atoms with Gasteiger partial charge >= 0.3 is 0 Å². The van der Waals surface area contributed by atoms with Gasteiger partial charge in [-0.05, 0) is 129 Å². The second kappa shape index (κ2) is 18.9.